The molecular weight excluding hydrogens is 264 g/mol. The van der Waals surface area contributed by atoms with Crippen LogP contribution in [0.5, 0.6) is 0 Å². The van der Waals surface area contributed by atoms with Gasteiger partial charge in [0.25, 0.3) is 0 Å². The molecule has 5 nitrogen and oxygen atoms in total. The molecule has 0 fully saturated rings. The second-order valence-corrected chi connectivity index (χ2v) is 3.84. The van der Waals surface area contributed by atoms with Gasteiger partial charge in [0.1, 0.15) is 6.61 Å². The van der Waals surface area contributed by atoms with Crippen LogP contribution in [0.3, 0.4) is 0 Å². The van der Waals surface area contributed by atoms with Gasteiger partial charge in [0.15, 0.2) is 0 Å². The summed E-state index contributed by atoms with van der Waals surface area (Å²) in [4.78, 5) is 10.3. The van der Waals surface area contributed by atoms with Gasteiger partial charge in [-0.2, -0.15) is 5.10 Å². The van der Waals surface area contributed by atoms with Crippen molar-refractivity contribution in [3.05, 3.63) is 15.9 Å². The smallest absolute Gasteiger partial charge is 0.329 e. The molecule has 1 N–H and O–H groups in total. The lowest BCUT2D eigenvalue weighted by molar-refractivity contribution is -0.142. The normalized spacial score (nSPS) is 10.6. The maximum atomic E-state index is 10.3. The number of aryl methyl sites for hydroxylation is 2. The maximum absolute atomic E-state index is 10.3. The zero-order chi connectivity index (χ0) is 11.4. The summed E-state index contributed by atoms with van der Waals surface area (Å²) >= 11 is 3.40. The average Bonchev–Trinajstić information content (AvgIpc) is 2.44. The van der Waals surface area contributed by atoms with E-state index in [1.165, 1.54) is 0 Å². The number of nitrogens with zero attached hydrogens (tertiary/aromatic N) is 2. The molecule has 0 unspecified atom stereocenters. The fraction of sp³-hybridized carbons (Fsp3) is 0.556. The van der Waals surface area contributed by atoms with Crippen LogP contribution >= 0.6 is 15.9 Å². The third kappa shape index (κ3) is 3.04. The molecule has 1 aromatic heterocycles. The molecule has 15 heavy (non-hydrogen) atoms. The van der Waals surface area contributed by atoms with E-state index in [4.69, 9.17) is 9.84 Å². The van der Waals surface area contributed by atoms with Gasteiger partial charge in [-0.05, 0) is 29.8 Å². The summed E-state index contributed by atoms with van der Waals surface area (Å²) in [5, 5.41) is 12.7. The summed E-state index contributed by atoms with van der Waals surface area (Å²) < 4.78 is 7.70. The highest BCUT2D eigenvalue weighted by Gasteiger charge is 2.12. The Balaban J connectivity index is 2.70. The van der Waals surface area contributed by atoms with Crippen LogP contribution in [0, 0.1) is 6.92 Å². The second-order valence-electron chi connectivity index (χ2n) is 3.05. The summed E-state index contributed by atoms with van der Waals surface area (Å²) in [6.45, 7) is 4.55. The number of rotatable bonds is 5. The highest BCUT2D eigenvalue weighted by molar-refractivity contribution is 9.10. The zero-order valence-electron chi connectivity index (χ0n) is 8.66. The molecule has 0 aliphatic carbocycles. The lowest BCUT2D eigenvalue weighted by Crippen LogP contribution is -2.10. The number of hydrogen-bond donors (Lipinski definition) is 1. The van der Waals surface area contributed by atoms with Gasteiger partial charge in [-0.1, -0.05) is 0 Å². The standard InChI is InChI=1S/C9H13BrN2O3/c1-3-12-7(4-15-5-8(13)14)9(10)6(2)11-12/h3-5H2,1-2H3,(H,13,14). The van der Waals surface area contributed by atoms with Crippen LogP contribution in [0.15, 0.2) is 4.47 Å². The van der Waals surface area contributed by atoms with Gasteiger partial charge in [-0.15, -0.1) is 0 Å². The van der Waals surface area contributed by atoms with Crippen LogP contribution < -0.4 is 0 Å². The number of carboxylic acid groups (broad SMARTS) is 1. The summed E-state index contributed by atoms with van der Waals surface area (Å²) in [5.41, 5.74) is 1.75. The van der Waals surface area contributed by atoms with Crippen molar-refractivity contribution in [3.8, 4) is 0 Å². The number of aliphatic carboxylic acids is 1. The van der Waals surface area contributed by atoms with E-state index in [2.05, 4.69) is 21.0 Å². The van der Waals surface area contributed by atoms with Crippen LogP contribution in [0.2, 0.25) is 0 Å². The Kier molecular flexibility index (Phi) is 4.28. The molecule has 0 bridgehead atoms. The Hall–Kier alpha value is -0.880. The molecule has 0 aliphatic heterocycles. The molecule has 0 atom stereocenters. The van der Waals surface area contributed by atoms with E-state index < -0.39 is 5.97 Å². The first-order valence-corrected chi connectivity index (χ1v) is 5.36. The van der Waals surface area contributed by atoms with Gasteiger partial charge < -0.3 is 9.84 Å². The molecule has 0 aromatic carbocycles. The lowest BCUT2D eigenvalue weighted by Gasteiger charge is -2.04. The highest BCUT2D eigenvalue weighted by atomic mass is 79.9. The van der Waals surface area contributed by atoms with E-state index in [1.54, 1.807) is 4.68 Å². The molecule has 1 aromatic rings. The molecule has 84 valence electrons. The fourth-order valence-electron chi connectivity index (χ4n) is 1.24. The zero-order valence-corrected chi connectivity index (χ0v) is 10.2. The number of carboxylic acids is 1. The minimum Gasteiger partial charge on any atom is -0.480 e. The van der Waals surface area contributed by atoms with E-state index in [-0.39, 0.29) is 13.2 Å². The quantitative estimate of drug-likeness (QED) is 0.887. The van der Waals surface area contributed by atoms with E-state index in [9.17, 15) is 4.79 Å². The van der Waals surface area contributed by atoms with Crippen molar-refractivity contribution in [2.24, 2.45) is 0 Å². The van der Waals surface area contributed by atoms with Crippen molar-refractivity contribution < 1.29 is 14.6 Å². The summed E-state index contributed by atoms with van der Waals surface area (Å²) in [7, 11) is 0. The molecule has 1 heterocycles. The SMILES string of the molecule is CCn1nc(C)c(Br)c1COCC(=O)O. The topological polar surface area (TPSA) is 64.4 Å². The van der Waals surface area contributed by atoms with Crippen LogP contribution in [-0.2, 0) is 22.7 Å². The van der Waals surface area contributed by atoms with Crippen LogP contribution in [-0.4, -0.2) is 27.5 Å². The third-order valence-corrected chi connectivity index (χ3v) is 2.95. The second kappa shape index (κ2) is 5.27. The Morgan fingerprint density at radius 3 is 2.87 bits per heavy atom. The molecular formula is C9H13BrN2O3. The molecule has 0 saturated heterocycles. The largest absolute Gasteiger partial charge is 0.480 e. The van der Waals surface area contributed by atoms with Crippen LogP contribution in [0.25, 0.3) is 0 Å². The molecule has 0 aliphatic rings. The van der Waals surface area contributed by atoms with Gasteiger partial charge in [0.05, 0.1) is 22.5 Å². The van der Waals surface area contributed by atoms with Crippen molar-refractivity contribution in [1.82, 2.24) is 9.78 Å². The first kappa shape index (κ1) is 12.2. The third-order valence-electron chi connectivity index (χ3n) is 1.92. The van der Waals surface area contributed by atoms with Gasteiger partial charge in [0, 0.05) is 6.54 Å². The Labute approximate surface area is 96.2 Å². The van der Waals surface area contributed by atoms with Crippen molar-refractivity contribution in [3.63, 3.8) is 0 Å². The van der Waals surface area contributed by atoms with Crippen molar-refractivity contribution in [2.75, 3.05) is 6.61 Å². The van der Waals surface area contributed by atoms with Crippen LogP contribution in [0.4, 0.5) is 0 Å². The molecule has 0 amide bonds. The fourth-order valence-corrected chi connectivity index (χ4v) is 1.64. The van der Waals surface area contributed by atoms with E-state index in [0.717, 1.165) is 22.4 Å². The molecule has 6 heteroatoms. The first-order valence-electron chi connectivity index (χ1n) is 4.57. The summed E-state index contributed by atoms with van der Waals surface area (Å²) in [6, 6.07) is 0. The first-order chi connectivity index (χ1) is 7.06. The monoisotopic (exact) mass is 276 g/mol. The van der Waals surface area contributed by atoms with E-state index in [1.807, 2.05) is 13.8 Å². The van der Waals surface area contributed by atoms with Crippen molar-refractivity contribution >= 4 is 21.9 Å². The molecule has 0 radical (unpaired) electrons. The number of aromatic nitrogens is 2. The van der Waals surface area contributed by atoms with Gasteiger partial charge in [0.2, 0.25) is 0 Å². The van der Waals surface area contributed by atoms with Crippen molar-refractivity contribution in [1.29, 1.82) is 0 Å². The molecule has 0 saturated carbocycles. The van der Waals surface area contributed by atoms with Gasteiger partial charge >= 0.3 is 5.97 Å². The number of halogens is 1. The minimum atomic E-state index is -0.967. The number of ether oxygens (including phenoxy) is 1. The van der Waals surface area contributed by atoms with Gasteiger partial charge in [-0.25, -0.2) is 4.79 Å². The molecule has 1 rings (SSSR count). The van der Waals surface area contributed by atoms with Crippen LogP contribution in [0.1, 0.15) is 18.3 Å². The Morgan fingerprint density at radius 1 is 1.67 bits per heavy atom. The van der Waals surface area contributed by atoms with E-state index >= 15 is 0 Å². The summed E-state index contributed by atoms with van der Waals surface area (Å²) in [5.74, 6) is -0.967. The van der Waals surface area contributed by atoms with E-state index in [0.29, 0.717) is 0 Å². The van der Waals surface area contributed by atoms with Gasteiger partial charge in [-0.3, -0.25) is 4.68 Å². The number of hydrogen-bond acceptors (Lipinski definition) is 3. The summed E-state index contributed by atoms with van der Waals surface area (Å²) in [6.07, 6.45) is 0. The predicted molar refractivity (Wildman–Crippen MR) is 57.6 cm³/mol. The maximum Gasteiger partial charge on any atom is 0.329 e. The number of carbonyl (C=O) groups is 1. The average molecular weight is 277 g/mol. The minimum absolute atomic E-state index is 0.252. The highest BCUT2D eigenvalue weighted by Crippen LogP contribution is 2.21. The van der Waals surface area contributed by atoms with Crippen molar-refractivity contribution in [2.45, 2.75) is 27.0 Å². The molecule has 0 spiro atoms. The predicted octanol–water partition coefficient (Wildman–Crippen LogP) is 1.58. The Bertz CT molecular complexity index is 362. The Morgan fingerprint density at radius 2 is 2.33 bits per heavy atom. The lowest BCUT2D eigenvalue weighted by atomic mass is 10.4.